The lowest BCUT2D eigenvalue weighted by Crippen LogP contribution is -1.97. The van der Waals surface area contributed by atoms with Gasteiger partial charge in [-0.25, -0.2) is 15.0 Å². The van der Waals surface area contributed by atoms with Gasteiger partial charge in [-0.1, -0.05) is 188 Å². The number of para-hydroxylation sites is 2. The van der Waals surface area contributed by atoms with E-state index in [-0.39, 0.29) is 0 Å². The van der Waals surface area contributed by atoms with Crippen molar-refractivity contribution in [3.63, 3.8) is 0 Å². The Kier molecular flexibility index (Phi) is 8.50. The van der Waals surface area contributed by atoms with Gasteiger partial charge >= 0.3 is 0 Å². The van der Waals surface area contributed by atoms with Crippen molar-refractivity contribution in [3.8, 4) is 67.4 Å². The molecule has 0 amide bonds. The lowest BCUT2D eigenvalue weighted by Gasteiger charge is -2.16. The van der Waals surface area contributed by atoms with Gasteiger partial charge < -0.3 is 4.42 Å². The van der Waals surface area contributed by atoms with Crippen LogP contribution in [-0.4, -0.2) is 15.0 Å². The number of hydrogen-bond donors (Lipinski definition) is 0. The minimum absolute atomic E-state index is 0.672. The third-order valence-corrected chi connectivity index (χ3v) is 12.8. The van der Waals surface area contributed by atoms with Gasteiger partial charge in [0.05, 0.1) is 22.6 Å². The fraction of sp³-hybridized carbons (Fsp3) is 0. The largest absolute Gasteiger partial charge is 0.456 e. The van der Waals surface area contributed by atoms with E-state index in [9.17, 15) is 0 Å². The monoisotopic (exact) mass is 827 g/mol. The normalized spacial score (nSPS) is 11.7. The number of benzene rings is 10. The molecule has 3 aromatic heterocycles. The summed E-state index contributed by atoms with van der Waals surface area (Å²) in [5.74, 6) is 0.672. The van der Waals surface area contributed by atoms with E-state index in [0.29, 0.717) is 5.82 Å². The maximum Gasteiger partial charge on any atom is 0.160 e. The molecule has 10 aromatic carbocycles. The zero-order chi connectivity index (χ0) is 42.8. The Morgan fingerprint density at radius 3 is 1.72 bits per heavy atom. The predicted molar refractivity (Wildman–Crippen MR) is 270 cm³/mol. The highest BCUT2D eigenvalue weighted by Gasteiger charge is 2.22. The van der Waals surface area contributed by atoms with Gasteiger partial charge in [0.25, 0.3) is 0 Å². The Bertz CT molecular complexity index is 3990. The van der Waals surface area contributed by atoms with Gasteiger partial charge in [-0.15, -0.1) is 0 Å². The fourth-order valence-electron chi connectivity index (χ4n) is 9.83. The van der Waals surface area contributed by atoms with E-state index in [1.807, 2.05) is 24.3 Å². The molecular formula is C61H37N3O. The highest BCUT2D eigenvalue weighted by molar-refractivity contribution is 6.28. The molecule has 0 bridgehead atoms. The zero-order valence-corrected chi connectivity index (χ0v) is 35.1. The topological polar surface area (TPSA) is 51.8 Å². The first-order valence-corrected chi connectivity index (χ1v) is 22.0. The molecule has 0 spiro atoms. The quantitative estimate of drug-likeness (QED) is 0.157. The predicted octanol–water partition coefficient (Wildman–Crippen LogP) is 16.4. The summed E-state index contributed by atoms with van der Waals surface area (Å²) in [6.07, 6.45) is 0. The summed E-state index contributed by atoms with van der Waals surface area (Å²) >= 11 is 0. The molecule has 0 fully saturated rings. The van der Waals surface area contributed by atoms with E-state index in [1.54, 1.807) is 0 Å². The standard InChI is InChI=1S/C61H37N3O/c1-3-16-38(17-4-1)39-30-32-40(33-31-39)57-58-48-26-11-13-28-52(48)62-60(51(58)36-56-59(57)49-27-12-14-29-55(49)65-56)44-22-15-21-43(34-44)53-37-54(64-61(63-53)41-18-5-2-6-19-41)50-35-42-20-7-8-23-45(42)46-24-9-10-25-47(46)50/h1-37H. The van der Waals surface area contributed by atoms with Crippen LogP contribution in [0.2, 0.25) is 0 Å². The SMILES string of the molecule is c1ccc(-c2ccc(-c3c4c(cc5c(-c6cccc(-c7cc(-c8cc9ccccc9c9ccccc89)nc(-c8ccccc8)n7)c6)nc6ccccc6c35)oc3ccccc34)cc2)cc1. The van der Waals surface area contributed by atoms with Crippen molar-refractivity contribution in [1.82, 2.24) is 15.0 Å². The molecule has 0 unspecified atom stereocenters. The third kappa shape index (κ3) is 6.18. The van der Waals surface area contributed by atoms with Crippen LogP contribution < -0.4 is 0 Å². The van der Waals surface area contributed by atoms with Crippen molar-refractivity contribution >= 4 is 65.2 Å². The average Bonchev–Trinajstić information content (AvgIpc) is 3.76. The molecule has 0 saturated heterocycles. The van der Waals surface area contributed by atoms with E-state index < -0.39 is 0 Å². The van der Waals surface area contributed by atoms with E-state index in [2.05, 4.69) is 200 Å². The molecule has 302 valence electrons. The zero-order valence-electron chi connectivity index (χ0n) is 35.1. The van der Waals surface area contributed by atoms with Crippen molar-refractivity contribution in [2.24, 2.45) is 0 Å². The lowest BCUT2D eigenvalue weighted by molar-refractivity contribution is 0.669. The summed E-state index contributed by atoms with van der Waals surface area (Å²) in [5.41, 5.74) is 13.8. The van der Waals surface area contributed by atoms with Gasteiger partial charge in [0, 0.05) is 54.7 Å². The van der Waals surface area contributed by atoms with E-state index in [1.165, 1.54) is 27.3 Å². The van der Waals surface area contributed by atoms with Crippen LogP contribution in [0.3, 0.4) is 0 Å². The van der Waals surface area contributed by atoms with Gasteiger partial charge in [0.1, 0.15) is 11.2 Å². The molecule has 13 rings (SSSR count). The molecule has 13 aromatic rings. The van der Waals surface area contributed by atoms with Crippen LogP contribution in [0.1, 0.15) is 0 Å². The first kappa shape index (κ1) is 36.9. The minimum atomic E-state index is 0.672. The number of pyridine rings is 1. The van der Waals surface area contributed by atoms with E-state index in [0.717, 1.165) is 99.5 Å². The van der Waals surface area contributed by atoms with Crippen molar-refractivity contribution in [1.29, 1.82) is 0 Å². The van der Waals surface area contributed by atoms with Gasteiger partial charge in [0.15, 0.2) is 5.82 Å². The van der Waals surface area contributed by atoms with E-state index >= 15 is 0 Å². The van der Waals surface area contributed by atoms with Gasteiger partial charge in [-0.05, 0) is 74.6 Å². The Morgan fingerprint density at radius 2 is 0.908 bits per heavy atom. The molecular weight excluding hydrogens is 791 g/mol. The van der Waals surface area contributed by atoms with Crippen LogP contribution in [0.25, 0.3) is 133 Å². The first-order valence-electron chi connectivity index (χ1n) is 22.0. The Hall–Kier alpha value is -8.73. The molecule has 0 N–H and O–H groups in total. The van der Waals surface area contributed by atoms with Crippen LogP contribution >= 0.6 is 0 Å². The van der Waals surface area contributed by atoms with Gasteiger partial charge in [-0.3, -0.25) is 0 Å². The van der Waals surface area contributed by atoms with Gasteiger partial charge in [-0.2, -0.15) is 0 Å². The maximum atomic E-state index is 6.73. The van der Waals surface area contributed by atoms with Crippen LogP contribution in [0.5, 0.6) is 0 Å². The molecule has 0 aliphatic rings. The third-order valence-electron chi connectivity index (χ3n) is 12.8. The number of hydrogen-bond acceptors (Lipinski definition) is 4. The summed E-state index contributed by atoms with van der Waals surface area (Å²) in [7, 11) is 0. The van der Waals surface area contributed by atoms with Crippen LogP contribution in [-0.2, 0) is 0 Å². The van der Waals surface area contributed by atoms with Crippen molar-refractivity contribution in [2.75, 3.05) is 0 Å². The van der Waals surface area contributed by atoms with Crippen LogP contribution in [0.15, 0.2) is 229 Å². The molecule has 65 heavy (non-hydrogen) atoms. The Balaban J connectivity index is 1.05. The summed E-state index contributed by atoms with van der Waals surface area (Å²) in [6, 6.07) is 79.1. The molecule has 0 aliphatic heterocycles. The minimum Gasteiger partial charge on any atom is -0.456 e. The highest BCUT2D eigenvalue weighted by atomic mass is 16.3. The summed E-state index contributed by atoms with van der Waals surface area (Å²) in [4.78, 5) is 16.1. The number of nitrogens with zero attached hydrogens (tertiary/aromatic N) is 3. The van der Waals surface area contributed by atoms with Crippen molar-refractivity contribution in [3.05, 3.63) is 224 Å². The fourth-order valence-corrected chi connectivity index (χ4v) is 9.83. The Labute approximate surface area is 374 Å². The second-order valence-electron chi connectivity index (χ2n) is 16.7. The van der Waals surface area contributed by atoms with Crippen LogP contribution in [0.4, 0.5) is 0 Å². The molecule has 4 nitrogen and oxygen atoms in total. The summed E-state index contributed by atoms with van der Waals surface area (Å²) in [6.45, 7) is 0. The van der Waals surface area contributed by atoms with Crippen molar-refractivity contribution < 1.29 is 4.42 Å². The molecule has 0 saturated carbocycles. The van der Waals surface area contributed by atoms with Gasteiger partial charge in [0.2, 0.25) is 0 Å². The number of rotatable bonds is 6. The molecule has 0 aliphatic carbocycles. The second-order valence-corrected chi connectivity index (χ2v) is 16.7. The highest BCUT2D eigenvalue weighted by Crippen LogP contribution is 2.47. The molecule has 4 heteroatoms. The number of furan rings is 1. The molecule has 0 radical (unpaired) electrons. The summed E-state index contributed by atoms with van der Waals surface area (Å²) in [5, 5.41) is 10.2. The Morgan fingerprint density at radius 1 is 0.308 bits per heavy atom. The lowest BCUT2D eigenvalue weighted by atomic mass is 9.88. The van der Waals surface area contributed by atoms with Crippen molar-refractivity contribution in [2.45, 2.75) is 0 Å². The average molecular weight is 828 g/mol. The van der Waals surface area contributed by atoms with E-state index in [4.69, 9.17) is 19.4 Å². The van der Waals surface area contributed by atoms with Crippen LogP contribution in [0, 0.1) is 0 Å². The second kappa shape index (κ2) is 15.0. The molecule has 0 atom stereocenters. The number of fused-ring (bicyclic) bond motifs is 9. The maximum absolute atomic E-state index is 6.73. The smallest absolute Gasteiger partial charge is 0.160 e. The first-order chi connectivity index (χ1) is 32.2. The molecule has 3 heterocycles. The summed E-state index contributed by atoms with van der Waals surface area (Å²) < 4.78 is 6.73. The number of aromatic nitrogens is 3.